The third kappa shape index (κ3) is 5.82. The maximum Gasteiger partial charge on any atom is 0.208 e. The van der Waals surface area contributed by atoms with Gasteiger partial charge >= 0.3 is 0 Å². The molecule has 0 spiro atoms. The number of benzene rings is 2. The highest BCUT2D eigenvalue weighted by Gasteiger charge is 2.20. The molecule has 10 heteroatoms. The van der Waals surface area contributed by atoms with Gasteiger partial charge in [-0.1, -0.05) is 54.2 Å². The smallest absolute Gasteiger partial charge is 0.208 e. The average Bonchev–Trinajstić information content (AvgIpc) is 3.43. The molecule has 8 nitrogen and oxygen atoms in total. The molecule has 0 bridgehead atoms. The maximum absolute atomic E-state index is 12.8. The van der Waals surface area contributed by atoms with Gasteiger partial charge in [-0.15, -0.1) is 10.2 Å². The van der Waals surface area contributed by atoms with Gasteiger partial charge in [0.1, 0.15) is 5.76 Å². The zero-order valence-electron chi connectivity index (χ0n) is 18.8. The summed E-state index contributed by atoms with van der Waals surface area (Å²) in [5, 5.41) is 9.33. The number of thioether (sulfide) groups is 1. The van der Waals surface area contributed by atoms with E-state index < -0.39 is 10.0 Å². The molecular formula is C24H24N4O4S2. The van der Waals surface area contributed by atoms with E-state index in [2.05, 4.69) is 14.9 Å². The van der Waals surface area contributed by atoms with Crippen molar-refractivity contribution in [2.24, 2.45) is 0 Å². The van der Waals surface area contributed by atoms with Crippen LogP contribution in [0.2, 0.25) is 0 Å². The van der Waals surface area contributed by atoms with E-state index in [0.29, 0.717) is 29.5 Å². The predicted molar refractivity (Wildman–Crippen MR) is 132 cm³/mol. The second-order valence-electron chi connectivity index (χ2n) is 7.69. The lowest BCUT2D eigenvalue weighted by molar-refractivity contribution is 0.102. The zero-order valence-corrected chi connectivity index (χ0v) is 20.4. The van der Waals surface area contributed by atoms with Crippen LogP contribution in [-0.4, -0.2) is 47.5 Å². The Labute approximate surface area is 202 Å². The fourth-order valence-corrected chi connectivity index (χ4v) is 4.74. The molecule has 0 aliphatic rings. The SMILES string of the molecule is Cc1occc1-c1nnc(SCC(=O)c2ccc(CCNS(C)(=O)=O)cc2)n1-c1ccccc1. The average molecular weight is 497 g/mol. The summed E-state index contributed by atoms with van der Waals surface area (Å²) in [5.41, 5.74) is 3.27. The van der Waals surface area contributed by atoms with E-state index in [1.807, 2.05) is 60.0 Å². The molecule has 0 aliphatic carbocycles. The summed E-state index contributed by atoms with van der Waals surface area (Å²) >= 11 is 1.32. The second-order valence-corrected chi connectivity index (χ2v) is 10.5. The fourth-order valence-electron chi connectivity index (χ4n) is 3.42. The van der Waals surface area contributed by atoms with E-state index in [-0.39, 0.29) is 11.5 Å². The summed E-state index contributed by atoms with van der Waals surface area (Å²) in [6.07, 6.45) is 3.29. The Kier molecular flexibility index (Phi) is 7.30. The number of aryl methyl sites for hydroxylation is 1. The largest absolute Gasteiger partial charge is 0.469 e. The van der Waals surface area contributed by atoms with E-state index in [4.69, 9.17) is 4.42 Å². The molecule has 0 saturated heterocycles. The van der Waals surface area contributed by atoms with Crippen LogP contribution in [-0.2, 0) is 16.4 Å². The number of aromatic nitrogens is 3. The Morgan fingerprint density at radius 1 is 1.06 bits per heavy atom. The summed E-state index contributed by atoms with van der Waals surface area (Å²) in [4.78, 5) is 12.8. The Morgan fingerprint density at radius 3 is 2.44 bits per heavy atom. The van der Waals surface area contributed by atoms with Gasteiger partial charge in [-0.3, -0.25) is 9.36 Å². The molecule has 34 heavy (non-hydrogen) atoms. The third-order valence-electron chi connectivity index (χ3n) is 5.13. The Hall–Kier alpha value is -3.21. The van der Waals surface area contributed by atoms with Crippen molar-refractivity contribution in [3.05, 3.63) is 83.8 Å². The van der Waals surface area contributed by atoms with Crippen molar-refractivity contribution < 1.29 is 17.6 Å². The van der Waals surface area contributed by atoms with Gasteiger partial charge in [0.15, 0.2) is 16.8 Å². The van der Waals surface area contributed by atoms with Gasteiger partial charge in [0.25, 0.3) is 0 Å². The number of Topliss-reactive ketones (excluding diaryl/α,β-unsaturated/α-hetero) is 1. The summed E-state index contributed by atoms with van der Waals surface area (Å²) in [5.74, 6) is 1.56. The quantitative estimate of drug-likeness (QED) is 0.262. The number of furan rings is 1. The molecule has 2 aromatic carbocycles. The minimum Gasteiger partial charge on any atom is -0.469 e. The summed E-state index contributed by atoms with van der Waals surface area (Å²) < 4.78 is 32.2. The molecule has 0 saturated carbocycles. The number of carbonyl (C=O) groups excluding carboxylic acids is 1. The van der Waals surface area contributed by atoms with Crippen molar-refractivity contribution in [2.45, 2.75) is 18.5 Å². The van der Waals surface area contributed by atoms with Crippen molar-refractivity contribution in [3.8, 4) is 17.1 Å². The molecule has 4 aromatic rings. The third-order valence-corrected chi connectivity index (χ3v) is 6.79. The highest BCUT2D eigenvalue weighted by Crippen LogP contribution is 2.30. The molecule has 2 aromatic heterocycles. The van der Waals surface area contributed by atoms with Crippen LogP contribution in [0.3, 0.4) is 0 Å². The van der Waals surface area contributed by atoms with Crippen molar-refractivity contribution >= 4 is 27.6 Å². The molecule has 0 aliphatic heterocycles. The maximum atomic E-state index is 12.8. The highest BCUT2D eigenvalue weighted by molar-refractivity contribution is 7.99. The minimum absolute atomic E-state index is 0.0329. The van der Waals surface area contributed by atoms with Crippen LogP contribution < -0.4 is 4.72 Å². The monoisotopic (exact) mass is 496 g/mol. The number of rotatable bonds is 10. The zero-order chi connectivity index (χ0) is 24.1. The van der Waals surface area contributed by atoms with Crippen molar-refractivity contribution in [2.75, 3.05) is 18.6 Å². The van der Waals surface area contributed by atoms with Crippen LogP contribution in [0.4, 0.5) is 0 Å². The van der Waals surface area contributed by atoms with Gasteiger partial charge in [0.2, 0.25) is 10.0 Å². The van der Waals surface area contributed by atoms with E-state index in [1.54, 1.807) is 18.4 Å². The first-order chi connectivity index (χ1) is 16.3. The molecule has 176 valence electrons. The molecule has 0 unspecified atom stereocenters. The number of hydrogen-bond donors (Lipinski definition) is 1. The number of para-hydroxylation sites is 1. The molecule has 0 fully saturated rings. The van der Waals surface area contributed by atoms with E-state index >= 15 is 0 Å². The Morgan fingerprint density at radius 2 is 1.79 bits per heavy atom. The van der Waals surface area contributed by atoms with Crippen LogP contribution in [0.15, 0.2) is 76.5 Å². The summed E-state index contributed by atoms with van der Waals surface area (Å²) in [7, 11) is -3.21. The molecule has 0 amide bonds. The normalized spacial score (nSPS) is 11.6. The lowest BCUT2D eigenvalue weighted by Gasteiger charge is -2.10. The number of hydrogen-bond acceptors (Lipinski definition) is 7. The van der Waals surface area contributed by atoms with Gasteiger partial charge in [-0.25, -0.2) is 13.1 Å². The topological polar surface area (TPSA) is 107 Å². The minimum atomic E-state index is -3.21. The number of nitrogens with zero attached hydrogens (tertiary/aromatic N) is 3. The first-order valence-corrected chi connectivity index (χ1v) is 13.4. The van der Waals surface area contributed by atoms with Crippen LogP contribution in [0.5, 0.6) is 0 Å². The lowest BCUT2D eigenvalue weighted by atomic mass is 10.1. The second kappa shape index (κ2) is 10.4. The summed E-state index contributed by atoms with van der Waals surface area (Å²) in [6.45, 7) is 2.19. The van der Waals surface area contributed by atoms with Crippen LogP contribution in [0.25, 0.3) is 17.1 Å². The van der Waals surface area contributed by atoms with Crippen LogP contribution in [0, 0.1) is 6.92 Å². The van der Waals surface area contributed by atoms with Gasteiger partial charge in [-0.05, 0) is 37.1 Å². The number of nitrogens with one attached hydrogen (secondary N) is 1. The first kappa shape index (κ1) is 23.9. The highest BCUT2D eigenvalue weighted by atomic mass is 32.2. The number of carbonyl (C=O) groups is 1. The molecular weight excluding hydrogens is 472 g/mol. The van der Waals surface area contributed by atoms with Gasteiger partial charge < -0.3 is 4.42 Å². The molecule has 2 heterocycles. The van der Waals surface area contributed by atoms with E-state index in [1.165, 1.54) is 11.8 Å². The Balaban J connectivity index is 1.48. The number of ketones is 1. The first-order valence-electron chi connectivity index (χ1n) is 10.6. The lowest BCUT2D eigenvalue weighted by Crippen LogP contribution is -2.24. The standard InChI is InChI=1S/C24H24N4O4S2/c1-17-21(13-15-32-17)23-26-27-24(28(23)20-6-4-3-5-7-20)33-16-22(29)19-10-8-18(9-11-19)12-14-25-34(2,30)31/h3-11,13,15,25H,12,14,16H2,1-2H3. The summed E-state index contributed by atoms with van der Waals surface area (Å²) in [6, 6.07) is 18.8. The predicted octanol–water partition coefficient (Wildman–Crippen LogP) is 3.90. The van der Waals surface area contributed by atoms with Crippen molar-refractivity contribution in [1.29, 1.82) is 0 Å². The fraction of sp³-hybridized carbons (Fsp3) is 0.208. The van der Waals surface area contributed by atoms with Gasteiger partial charge in [-0.2, -0.15) is 0 Å². The van der Waals surface area contributed by atoms with E-state index in [0.717, 1.165) is 28.8 Å². The molecule has 0 radical (unpaired) electrons. The molecule has 0 atom stereocenters. The van der Waals surface area contributed by atoms with E-state index in [9.17, 15) is 13.2 Å². The Bertz CT molecular complexity index is 1380. The van der Waals surface area contributed by atoms with Gasteiger partial charge in [0.05, 0.1) is 23.8 Å². The van der Waals surface area contributed by atoms with Crippen molar-refractivity contribution in [3.63, 3.8) is 0 Å². The molecule has 4 rings (SSSR count). The van der Waals surface area contributed by atoms with Crippen LogP contribution in [0.1, 0.15) is 21.7 Å². The molecule has 1 N–H and O–H groups in total. The number of sulfonamides is 1. The van der Waals surface area contributed by atoms with Crippen molar-refractivity contribution in [1.82, 2.24) is 19.5 Å². The van der Waals surface area contributed by atoms with Crippen LogP contribution >= 0.6 is 11.8 Å². The van der Waals surface area contributed by atoms with Gasteiger partial charge in [0, 0.05) is 17.8 Å².